The van der Waals surface area contributed by atoms with Gasteiger partial charge in [0.25, 0.3) is 5.89 Å². The van der Waals surface area contributed by atoms with Gasteiger partial charge in [0.05, 0.1) is 20.8 Å². The normalized spacial score (nSPS) is 10.5. The highest BCUT2D eigenvalue weighted by Gasteiger charge is 2.13. The van der Waals surface area contributed by atoms with Gasteiger partial charge in [-0.15, -0.1) is 0 Å². The van der Waals surface area contributed by atoms with Gasteiger partial charge in [0.15, 0.2) is 11.5 Å². The van der Waals surface area contributed by atoms with Crippen molar-refractivity contribution in [3.8, 4) is 40.1 Å². The molecule has 24 heavy (non-hydrogen) atoms. The van der Waals surface area contributed by atoms with Crippen LogP contribution in [0.25, 0.3) is 22.8 Å². The summed E-state index contributed by atoms with van der Waals surface area (Å²) in [5.41, 5.74) is 1.62. The molecule has 3 aromatic rings. The molecule has 2 aromatic carbocycles. The summed E-state index contributed by atoms with van der Waals surface area (Å²) in [6.07, 6.45) is 0. The third-order valence-corrected chi connectivity index (χ3v) is 3.48. The van der Waals surface area contributed by atoms with Crippen LogP contribution in [-0.4, -0.2) is 31.0 Å². The largest absolute Gasteiger partial charge is 0.497 e. The van der Waals surface area contributed by atoms with Crippen LogP contribution in [-0.2, 0) is 0 Å². The van der Waals surface area contributed by atoms with Crippen molar-refractivity contribution in [3.63, 3.8) is 0 Å². The number of nitrogens with zero attached hydrogens (tertiary/aromatic N) is 2. The van der Waals surface area contributed by atoms with Crippen LogP contribution in [0, 0.1) is 0 Å². The minimum atomic E-state index is 0.445. The number of hydrogen-bond acceptors (Lipinski definition) is 6. The van der Waals surface area contributed by atoms with E-state index in [1.54, 1.807) is 14.2 Å². The number of hydrogen-bond donors (Lipinski definition) is 0. The predicted octanol–water partition coefficient (Wildman–Crippen LogP) is 3.82. The summed E-state index contributed by atoms with van der Waals surface area (Å²) < 4.78 is 21.4. The molecule has 0 aliphatic rings. The molecular weight excluding hydrogens is 308 g/mol. The number of methoxy groups -OCH3 is 2. The minimum Gasteiger partial charge on any atom is -0.497 e. The summed E-state index contributed by atoms with van der Waals surface area (Å²) in [5.74, 6) is 3.02. The van der Waals surface area contributed by atoms with Crippen LogP contribution in [0.1, 0.15) is 6.92 Å². The van der Waals surface area contributed by atoms with Gasteiger partial charge >= 0.3 is 0 Å². The molecule has 1 heterocycles. The van der Waals surface area contributed by atoms with Gasteiger partial charge in [-0.05, 0) is 49.4 Å². The maximum atomic E-state index is 5.51. The molecule has 0 aliphatic heterocycles. The molecule has 0 fully saturated rings. The van der Waals surface area contributed by atoms with E-state index in [1.807, 2.05) is 49.4 Å². The van der Waals surface area contributed by atoms with Gasteiger partial charge in [0.2, 0.25) is 5.82 Å². The minimum absolute atomic E-state index is 0.445. The lowest BCUT2D eigenvalue weighted by atomic mass is 10.2. The van der Waals surface area contributed by atoms with Gasteiger partial charge in [-0.25, -0.2) is 0 Å². The van der Waals surface area contributed by atoms with E-state index in [9.17, 15) is 0 Å². The van der Waals surface area contributed by atoms with Crippen molar-refractivity contribution in [2.45, 2.75) is 6.92 Å². The fourth-order valence-corrected chi connectivity index (χ4v) is 2.27. The van der Waals surface area contributed by atoms with Crippen molar-refractivity contribution in [3.05, 3.63) is 42.5 Å². The molecule has 0 atom stereocenters. The second kappa shape index (κ2) is 7.04. The summed E-state index contributed by atoms with van der Waals surface area (Å²) >= 11 is 0. The second-order valence-electron chi connectivity index (χ2n) is 4.95. The van der Waals surface area contributed by atoms with Crippen LogP contribution in [0.15, 0.2) is 47.0 Å². The SMILES string of the molecule is CCOc1ccc(-c2noc(-c3ccc(OC)cc3)n2)cc1OC. The standard InChI is InChI=1S/C18H18N2O4/c1-4-23-15-10-7-13(11-16(15)22-3)17-19-18(24-20-17)12-5-8-14(21-2)9-6-12/h5-11H,4H2,1-3H3. The molecular formula is C18H18N2O4. The van der Waals surface area contributed by atoms with E-state index >= 15 is 0 Å². The lowest BCUT2D eigenvalue weighted by Gasteiger charge is -2.09. The van der Waals surface area contributed by atoms with Crippen molar-refractivity contribution in [1.29, 1.82) is 0 Å². The maximum Gasteiger partial charge on any atom is 0.258 e. The summed E-state index contributed by atoms with van der Waals surface area (Å²) in [7, 11) is 3.22. The van der Waals surface area contributed by atoms with Crippen LogP contribution in [0.3, 0.4) is 0 Å². The summed E-state index contributed by atoms with van der Waals surface area (Å²) in [4.78, 5) is 4.44. The molecule has 0 radical (unpaired) electrons. The Morgan fingerprint density at radius 3 is 2.33 bits per heavy atom. The topological polar surface area (TPSA) is 66.6 Å². The Labute approximate surface area is 140 Å². The second-order valence-corrected chi connectivity index (χ2v) is 4.95. The zero-order chi connectivity index (χ0) is 16.9. The molecule has 124 valence electrons. The van der Waals surface area contributed by atoms with Crippen LogP contribution < -0.4 is 14.2 Å². The smallest absolute Gasteiger partial charge is 0.258 e. The van der Waals surface area contributed by atoms with Crippen molar-refractivity contribution in [1.82, 2.24) is 10.1 Å². The van der Waals surface area contributed by atoms with Gasteiger partial charge < -0.3 is 18.7 Å². The molecule has 6 heteroatoms. The van der Waals surface area contributed by atoms with Gasteiger partial charge in [-0.2, -0.15) is 4.98 Å². The Morgan fingerprint density at radius 2 is 1.67 bits per heavy atom. The van der Waals surface area contributed by atoms with Crippen LogP contribution in [0.2, 0.25) is 0 Å². The van der Waals surface area contributed by atoms with Crippen LogP contribution in [0.5, 0.6) is 17.2 Å². The molecule has 0 unspecified atom stereocenters. The zero-order valence-electron chi connectivity index (χ0n) is 13.8. The highest BCUT2D eigenvalue weighted by atomic mass is 16.5. The molecule has 6 nitrogen and oxygen atoms in total. The van der Waals surface area contributed by atoms with E-state index in [2.05, 4.69) is 10.1 Å². The third-order valence-electron chi connectivity index (χ3n) is 3.48. The summed E-state index contributed by atoms with van der Waals surface area (Å²) in [6, 6.07) is 13.0. The van der Waals surface area contributed by atoms with E-state index in [-0.39, 0.29) is 0 Å². The average molecular weight is 326 g/mol. The van der Waals surface area contributed by atoms with Crippen molar-refractivity contribution < 1.29 is 18.7 Å². The molecule has 0 saturated carbocycles. The number of ether oxygens (including phenoxy) is 3. The summed E-state index contributed by atoms with van der Waals surface area (Å²) in [6.45, 7) is 2.49. The third kappa shape index (κ3) is 3.17. The Hall–Kier alpha value is -3.02. The Balaban J connectivity index is 1.89. The zero-order valence-corrected chi connectivity index (χ0v) is 13.8. The predicted molar refractivity (Wildman–Crippen MR) is 89.4 cm³/mol. The average Bonchev–Trinajstić information content (AvgIpc) is 3.12. The van der Waals surface area contributed by atoms with E-state index in [0.717, 1.165) is 16.9 Å². The van der Waals surface area contributed by atoms with Crippen LogP contribution >= 0.6 is 0 Å². The number of rotatable bonds is 6. The molecule has 1 aromatic heterocycles. The van der Waals surface area contributed by atoms with Gasteiger partial charge in [0, 0.05) is 11.1 Å². The van der Waals surface area contributed by atoms with E-state index in [0.29, 0.717) is 29.8 Å². The highest BCUT2D eigenvalue weighted by molar-refractivity contribution is 5.63. The number of benzene rings is 2. The molecule has 0 amide bonds. The van der Waals surface area contributed by atoms with Gasteiger partial charge in [-0.3, -0.25) is 0 Å². The first-order valence-electron chi connectivity index (χ1n) is 7.54. The first kappa shape index (κ1) is 15.9. The van der Waals surface area contributed by atoms with Crippen LogP contribution in [0.4, 0.5) is 0 Å². The fraction of sp³-hybridized carbons (Fsp3) is 0.222. The number of aromatic nitrogens is 2. The van der Waals surface area contributed by atoms with E-state index in [1.165, 1.54) is 0 Å². The lowest BCUT2D eigenvalue weighted by Crippen LogP contribution is -1.95. The quantitative estimate of drug-likeness (QED) is 0.686. The van der Waals surface area contributed by atoms with Crippen molar-refractivity contribution in [2.75, 3.05) is 20.8 Å². The fourth-order valence-electron chi connectivity index (χ4n) is 2.27. The van der Waals surface area contributed by atoms with Crippen molar-refractivity contribution >= 4 is 0 Å². The van der Waals surface area contributed by atoms with Crippen molar-refractivity contribution in [2.24, 2.45) is 0 Å². The Bertz CT molecular complexity index is 812. The maximum absolute atomic E-state index is 5.51. The molecule has 0 bridgehead atoms. The molecule has 0 saturated heterocycles. The Morgan fingerprint density at radius 1 is 0.917 bits per heavy atom. The molecule has 0 spiro atoms. The van der Waals surface area contributed by atoms with E-state index in [4.69, 9.17) is 18.7 Å². The molecule has 0 aliphatic carbocycles. The Kier molecular flexibility index (Phi) is 4.65. The molecule has 0 N–H and O–H groups in total. The molecule has 3 rings (SSSR count). The van der Waals surface area contributed by atoms with Gasteiger partial charge in [0.1, 0.15) is 5.75 Å². The first-order valence-corrected chi connectivity index (χ1v) is 7.54. The first-order chi connectivity index (χ1) is 11.7. The lowest BCUT2D eigenvalue weighted by molar-refractivity contribution is 0.311. The summed E-state index contributed by atoms with van der Waals surface area (Å²) in [5, 5.41) is 4.04. The highest BCUT2D eigenvalue weighted by Crippen LogP contribution is 2.32. The van der Waals surface area contributed by atoms with Gasteiger partial charge in [-0.1, -0.05) is 5.16 Å². The van der Waals surface area contributed by atoms with E-state index < -0.39 is 0 Å². The monoisotopic (exact) mass is 326 g/mol.